The van der Waals surface area contributed by atoms with E-state index in [1.807, 2.05) is 0 Å². The molecule has 0 saturated carbocycles. The van der Waals surface area contributed by atoms with E-state index < -0.39 is 0 Å². The first-order chi connectivity index (χ1) is 8.22. The molecule has 0 aromatic carbocycles. The Bertz CT molecular complexity index is 347. The van der Waals surface area contributed by atoms with E-state index in [1.54, 1.807) is 10.8 Å². The monoisotopic (exact) mass is 242 g/mol. The van der Waals surface area contributed by atoms with Gasteiger partial charge < -0.3 is 25.4 Å². The van der Waals surface area contributed by atoms with E-state index in [0.717, 1.165) is 0 Å². The van der Waals surface area contributed by atoms with Crippen LogP contribution in [-0.2, 0) is 6.54 Å². The number of aliphatic hydroxyl groups is 2. The number of hydrogen-bond donors (Lipinski definition) is 3. The number of amides is 1. The third-order valence-corrected chi connectivity index (χ3v) is 2.27. The molecule has 0 fully saturated rings. The number of imidazole rings is 1. The fourth-order valence-corrected chi connectivity index (χ4v) is 1.46. The van der Waals surface area contributed by atoms with E-state index >= 15 is 0 Å². The molecule has 0 aliphatic rings. The minimum atomic E-state index is -0.302. The zero-order valence-corrected chi connectivity index (χ0v) is 9.62. The highest BCUT2D eigenvalue weighted by molar-refractivity contribution is 5.92. The molecule has 0 atom stereocenters. The van der Waals surface area contributed by atoms with E-state index in [-0.39, 0.29) is 32.2 Å². The maximum atomic E-state index is 11.9. The largest absolute Gasteiger partial charge is 0.395 e. The summed E-state index contributed by atoms with van der Waals surface area (Å²) in [5, 5.41) is 17.7. The molecular weight excluding hydrogens is 224 g/mol. The topological polar surface area (TPSA) is 105 Å². The number of nitrogens with zero attached hydrogens (tertiary/aromatic N) is 3. The molecule has 1 aromatic heterocycles. The second kappa shape index (κ2) is 7.00. The van der Waals surface area contributed by atoms with Crippen LogP contribution in [0.1, 0.15) is 10.5 Å². The Hall–Kier alpha value is -1.44. The Morgan fingerprint density at radius 1 is 1.41 bits per heavy atom. The van der Waals surface area contributed by atoms with Crippen molar-refractivity contribution in [2.75, 3.05) is 32.8 Å². The van der Waals surface area contributed by atoms with Gasteiger partial charge in [0, 0.05) is 32.4 Å². The number of carbonyl (C=O) groups excluding carboxylic acids is 1. The summed E-state index contributed by atoms with van der Waals surface area (Å²) in [6.07, 6.45) is 3.15. The maximum absolute atomic E-state index is 11.9. The molecule has 1 rings (SSSR count). The third kappa shape index (κ3) is 3.81. The van der Waals surface area contributed by atoms with E-state index in [0.29, 0.717) is 18.8 Å². The number of aromatic nitrogens is 2. The normalized spacial score (nSPS) is 10.5. The lowest BCUT2D eigenvalue weighted by Crippen LogP contribution is -2.36. The van der Waals surface area contributed by atoms with Crippen molar-refractivity contribution in [3.63, 3.8) is 0 Å². The van der Waals surface area contributed by atoms with Crippen molar-refractivity contribution < 1.29 is 15.0 Å². The van der Waals surface area contributed by atoms with Crippen LogP contribution in [0, 0.1) is 0 Å². The molecule has 0 radical (unpaired) electrons. The van der Waals surface area contributed by atoms with Crippen LogP contribution < -0.4 is 5.73 Å². The van der Waals surface area contributed by atoms with Crippen LogP contribution >= 0.6 is 0 Å². The molecule has 7 heteroatoms. The molecule has 0 aliphatic heterocycles. The Morgan fingerprint density at radius 2 is 2.06 bits per heavy atom. The van der Waals surface area contributed by atoms with Crippen LogP contribution in [0.3, 0.4) is 0 Å². The number of carbonyl (C=O) groups is 1. The van der Waals surface area contributed by atoms with Crippen molar-refractivity contribution in [3.8, 4) is 0 Å². The van der Waals surface area contributed by atoms with E-state index in [9.17, 15) is 4.79 Å². The zero-order chi connectivity index (χ0) is 12.7. The summed E-state index contributed by atoms with van der Waals surface area (Å²) in [5.74, 6) is -0.302. The number of rotatable bonds is 7. The zero-order valence-electron chi connectivity index (χ0n) is 9.62. The van der Waals surface area contributed by atoms with E-state index in [4.69, 9.17) is 15.9 Å². The minimum absolute atomic E-state index is 0.144. The van der Waals surface area contributed by atoms with Crippen LogP contribution in [0.4, 0.5) is 0 Å². The van der Waals surface area contributed by atoms with Crippen molar-refractivity contribution in [1.82, 2.24) is 14.5 Å². The molecule has 1 amide bonds. The fourth-order valence-electron chi connectivity index (χ4n) is 1.46. The SMILES string of the molecule is NCCn1cnc(C(=O)N(CCO)CCO)c1. The minimum Gasteiger partial charge on any atom is -0.395 e. The van der Waals surface area contributed by atoms with Crippen LogP contribution in [0.25, 0.3) is 0 Å². The second-order valence-electron chi connectivity index (χ2n) is 3.52. The van der Waals surface area contributed by atoms with Crippen molar-refractivity contribution in [2.45, 2.75) is 6.54 Å². The van der Waals surface area contributed by atoms with Crippen LogP contribution in [0.15, 0.2) is 12.5 Å². The Kier molecular flexibility index (Phi) is 5.61. The van der Waals surface area contributed by atoms with Crippen LogP contribution in [-0.4, -0.2) is 63.4 Å². The number of nitrogens with two attached hydrogens (primary N) is 1. The highest BCUT2D eigenvalue weighted by atomic mass is 16.3. The Balaban J connectivity index is 2.70. The van der Waals surface area contributed by atoms with Crippen molar-refractivity contribution in [1.29, 1.82) is 0 Å². The van der Waals surface area contributed by atoms with Gasteiger partial charge in [-0.25, -0.2) is 4.98 Å². The average molecular weight is 242 g/mol. The lowest BCUT2D eigenvalue weighted by Gasteiger charge is -2.19. The van der Waals surface area contributed by atoms with Gasteiger partial charge in [0.1, 0.15) is 5.69 Å². The summed E-state index contributed by atoms with van der Waals surface area (Å²) >= 11 is 0. The van der Waals surface area contributed by atoms with Crippen molar-refractivity contribution in [2.24, 2.45) is 5.73 Å². The number of aliphatic hydroxyl groups excluding tert-OH is 2. The van der Waals surface area contributed by atoms with E-state index in [2.05, 4.69) is 4.98 Å². The molecule has 0 unspecified atom stereocenters. The van der Waals surface area contributed by atoms with Gasteiger partial charge in [0.2, 0.25) is 0 Å². The molecule has 0 aliphatic carbocycles. The van der Waals surface area contributed by atoms with Crippen molar-refractivity contribution >= 4 is 5.91 Å². The van der Waals surface area contributed by atoms with Gasteiger partial charge >= 0.3 is 0 Å². The van der Waals surface area contributed by atoms with E-state index in [1.165, 1.54) is 11.2 Å². The first-order valence-corrected chi connectivity index (χ1v) is 5.45. The molecule has 1 aromatic rings. The predicted octanol–water partition coefficient (Wildman–Crippen LogP) is -1.73. The molecule has 4 N–H and O–H groups in total. The summed E-state index contributed by atoms with van der Waals surface area (Å²) in [7, 11) is 0. The highest BCUT2D eigenvalue weighted by Crippen LogP contribution is 2.02. The average Bonchev–Trinajstić information content (AvgIpc) is 2.77. The number of hydrogen-bond acceptors (Lipinski definition) is 5. The fraction of sp³-hybridized carbons (Fsp3) is 0.600. The summed E-state index contributed by atoms with van der Waals surface area (Å²) in [6, 6.07) is 0. The quantitative estimate of drug-likeness (QED) is 0.527. The smallest absolute Gasteiger partial charge is 0.274 e. The first kappa shape index (κ1) is 13.6. The highest BCUT2D eigenvalue weighted by Gasteiger charge is 2.17. The second-order valence-corrected chi connectivity index (χ2v) is 3.52. The molecular formula is C10H18N4O3. The van der Waals surface area contributed by atoms with Gasteiger partial charge in [-0.05, 0) is 0 Å². The molecule has 0 spiro atoms. The summed E-state index contributed by atoms with van der Waals surface area (Å²) in [4.78, 5) is 17.3. The lowest BCUT2D eigenvalue weighted by molar-refractivity contribution is 0.0679. The van der Waals surface area contributed by atoms with Crippen molar-refractivity contribution in [3.05, 3.63) is 18.2 Å². The standard InChI is InChI=1S/C10H18N4O3/c11-1-2-13-7-9(12-8-13)10(17)14(3-5-15)4-6-16/h7-8,15-16H,1-6,11H2. The summed E-state index contributed by atoms with van der Waals surface area (Å²) in [5.41, 5.74) is 5.68. The molecule has 0 saturated heterocycles. The van der Waals surface area contributed by atoms with Crippen LogP contribution in [0.2, 0.25) is 0 Å². The molecule has 96 valence electrons. The molecule has 0 bridgehead atoms. The molecule has 7 nitrogen and oxygen atoms in total. The van der Waals surface area contributed by atoms with Gasteiger partial charge in [-0.2, -0.15) is 0 Å². The maximum Gasteiger partial charge on any atom is 0.274 e. The Labute approximate surface area is 99.5 Å². The van der Waals surface area contributed by atoms with Gasteiger partial charge in [0.05, 0.1) is 19.5 Å². The summed E-state index contributed by atoms with van der Waals surface area (Å²) in [6.45, 7) is 1.15. The third-order valence-electron chi connectivity index (χ3n) is 2.27. The lowest BCUT2D eigenvalue weighted by atomic mass is 10.3. The summed E-state index contributed by atoms with van der Waals surface area (Å²) < 4.78 is 1.73. The predicted molar refractivity (Wildman–Crippen MR) is 61.4 cm³/mol. The van der Waals surface area contributed by atoms with Gasteiger partial charge in [0.15, 0.2) is 0 Å². The van der Waals surface area contributed by atoms with Gasteiger partial charge in [0.25, 0.3) is 5.91 Å². The Morgan fingerprint density at radius 3 is 2.59 bits per heavy atom. The van der Waals surface area contributed by atoms with Gasteiger partial charge in [-0.3, -0.25) is 4.79 Å². The first-order valence-electron chi connectivity index (χ1n) is 5.45. The molecule has 1 heterocycles. The molecule has 17 heavy (non-hydrogen) atoms. The van der Waals surface area contributed by atoms with Crippen LogP contribution in [0.5, 0.6) is 0 Å². The van der Waals surface area contributed by atoms with Gasteiger partial charge in [-0.1, -0.05) is 0 Å². The van der Waals surface area contributed by atoms with Gasteiger partial charge in [-0.15, -0.1) is 0 Å².